The second kappa shape index (κ2) is 30.2. The van der Waals surface area contributed by atoms with Crippen molar-refractivity contribution in [2.75, 3.05) is 25.6 Å². The van der Waals surface area contributed by atoms with E-state index in [-0.39, 0.29) is 88.4 Å². The van der Waals surface area contributed by atoms with Crippen molar-refractivity contribution in [3.63, 3.8) is 0 Å². The van der Waals surface area contributed by atoms with E-state index < -0.39 is 5.91 Å². The molecule has 1 fully saturated rings. The number of primary amides is 1. The zero-order chi connectivity index (χ0) is 30.8. The van der Waals surface area contributed by atoms with E-state index in [0.717, 1.165) is 6.61 Å². The average Bonchev–Trinajstić information content (AvgIpc) is 3.20. The standard InChI is InChI=1S/C19H22N3O5.C5H12O.3C2H6.Nd/c1-12-7-17(25)22(19(12)27)6-4-2-3-5-16(24)21-15-9-13(11-23)8-14(10-15)18(20)26;1-3-4-5-6-2;3*1-2;/h8-10,12H,2-7H2,1H3,(H2,20,26)(H,21,24);3-5H2,1-2H3;3*1-2H3;/q-1;;;;;. The molecule has 1 atom stereocenters. The molecule has 4 amide bonds. The summed E-state index contributed by atoms with van der Waals surface area (Å²) in [5, 5.41) is 2.62. The van der Waals surface area contributed by atoms with Gasteiger partial charge in [0.1, 0.15) is 0 Å². The molecule has 0 bridgehead atoms. The van der Waals surface area contributed by atoms with Crippen molar-refractivity contribution in [1.82, 2.24) is 4.90 Å². The van der Waals surface area contributed by atoms with Gasteiger partial charge in [0.15, 0.2) is 0 Å². The van der Waals surface area contributed by atoms with E-state index in [1.807, 2.05) is 41.5 Å². The molecule has 1 saturated heterocycles. The maximum Gasteiger partial charge on any atom is 0.236 e. The fourth-order valence-corrected chi connectivity index (χ4v) is 3.23. The van der Waals surface area contributed by atoms with Crippen LogP contribution in [0.3, 0.4) is 0 Å². The molecule has 1 aromatic rings. The number of nitrogens with one attached hydrogen (secondary N) is 1. The van der Waals surface area contributed by atoms with E-state index in [1.54, 1.807) is 20.3 Å². The van der Waals surface area contributed by atoms with Crippen molar-refractivity contribution < 1.29 is 69.5 Å². The van der Waals surface area contributed by atoms with Gasteiger partial charge >= 0.3 is 0 Å². The Kier molecular flexibility index (Phi) is 34.2. The minimum Gasteiger partial charge on any atom is -0.385 e. The number of nitrogens with zero attached hydrogens (tertiary/aromatic N) is 1. The number of nitrogens with two attached hydrogens (primary N) is 1. The van der Waals surface area contributed by atoms with Gasteiger partial charge < -0.3 is 20.6 Å². The molecule has 0 aromatic heterocycles. The molecule has 0 radical (unpaired) electrons. The molecule has 0 aliphatic carbocycles. The van der Waals surface area contributed by atoms with Crippen LogP contribution in [0.15, 0.2) is 18.2 Å². The summed E-state index contributed by atoms with van der Waals surface area (Å²) in [4.78, 5) is 58.8. The number of likely N-dealkylation sites (tertiary alicyclic amines) is 1. The molecule has 0 spiro atoms. The molecule has 2 rings (SSSR count). The Morgan fingerprint density at radius 3 is 2.05 bits per heavy atom. The van der Waals surface area contributed by atoms with Crippen LogP contribution in [0.25, 0.3) is 0 Å². The first-order valence-corrected chi connectivity index (χ1v) is 14.2. The van der Waals surface area contributed by atoms with Gasteiger partial charge in [0.2, 0.25) is 23.6 Å². The zero-order valence-corrected chi connectivity index (χ0v) is 29.4. The summed E-state index contributed by atoms with van der Waals surface area (Å²) in [7, 11) is 1.73. The van der Waals surface area contributed by atoms with Crippen LogP contribution in [0.4, 0.5) is 5.69 Å². The number of methoxy groups -OCH3 is 1. The summed E-state index contributed by atoms with van der Waals surface area (Å²) < 4.78 is 4.78. The smallest absolute Gasteiger partial charge is 0.236 e. The van der Waals surface area contributed by atoms with E-state index in [0.29, 0.717) is 31.5 Å². The number of hydrogen-bond acceptors (Lipinski definition) is 6. The van der Waals surface area contributed by atoms with Crippen molar-refractivity contribution in [3.05, 3.63) is 29.3 Å². The molecule has 1 aliphatic heterocycles. The van der Waals surface area contributed by atoms with Crippen molar-refractivity contribution >= 4 is 35.6 Å². The Labute approximate surface area is 275 Å². The molecular formula is C30H52N3NdO6-. The molecule has 1 unspecified atom stereocenters. The van der Waals surface area contributed by atoms with Crippen LogP contribution in [0.2, 0.25) is 0 Å². The molecule has 3 N–H and O–H groups in total. The second-order valence-electron chi connectivity index (χ2n) is 7.96. The van der Waals surface area contributed by atoms with Crippen LogP contribution in [0.1, 0.15) is 116 Å². The largest absolute Gasteiger partial charge is 0.385 e. The fraction of sp³-hybridized carbons (Fsp3) is 0.633. The summed E-state index contributed by atoms with van der Waals surface area (Å²) >= 11 is 0. The Morgan fingerprint density at radius 2 is 1.62 bits per heavy atom. The molecule has 1 aliphatic rings. The number of ether oxygens (including phenoxy) is 1. The summed E-state index contributed by atoms with van der Waals surface area (Å²) in [6.45, 7) is 17.2. The topological polar surface area (TPSA) is 136 Å². The predicted octanol–water partition coefficient (Wildman–Crippen LogP) is 5.65. The van der Waals surface area contributed by atoms with Crippen molar-refractivity contribution in [2.24, 2.45) is 11.7 Å². The van der Waals surface area contributed by atoms with E-state index in [1.165, 1.54) is 35.9 Å². The second-order valence-corrected chi connectivity index (χ2v) is 7.96. The van der Waals surface area contributed by atoms with Crippen LogP contribution >= 0.6 is 0 Å². The van der Waals surface area contributed by atoms with Crippen LogP contribution in [-0.4, -0.2) is 55.1 Å². The summed E-state index contributed by atoms with van der Waals surface area (Å²) in [6.07, 6.45) is 6.50. The van der Waals surface area contributed by atoms with E-state index in [9.17, 15) is 24.0 Å². The minimum absolute atomic E-state index is 0. The number of benzene rings is 1. The number of hydrogen-bond donors (Lipinski definition) is 2. The Bertz CT molecular complexity index is 845. The van der Waals surface area contributed by atoms with E-state index in [2.05, 4.69) is 12.2 Å². The molecule has 40 heavy (non-hydrogen) atoms. The normalized spacial score (nSPS) is 12.9. The number of imide groups is 1. The summed E-state index contributed by atoms with van der Waals surface area (Å²) in [5.74, 6) is -1.48. The Balaban J connectivity index is -0.000000428. The molecule has 10 heteroatoms. The SMILES string of the molecule is CC.CC.CC.CC1CC(=O)N(CCCCCC(=O)Nc2cc([C-]=O)cc(C(N)=O)c2)C1=O.CCCCOC.[Nd]. The third-order valence-corrected chi connectivity index (χ3v) is 5.08. The van der Waals surface area contributed by atoms with Gasteiger partial charge in [-0.25, -0.2) is 0 Å². The first kappa shape index (κ1) is 45.3. The third-order valence-electron chi connectivity index (χ3n) is 5.08. The van der Waals surface area contributed by atoms with Crippen LogP contribution in [0.5, 0.6) is 0 Å². The van der Waals surface area contributed by atoms with E-state index in [4.69, 9.17) is 10.5 Å². The molecular weight excluding hydrogens is 643 g/mol. The van der Waals surface area contributed by atoms with Gasteiger partial charge in [-0.2, -0.15) is 0 Å². The van der Waals surface area contributed by atoms with Crippen molar-refractivity contribution in [2.45, 2.75) is 100 Å². The van der Waals surface area contributed by atoms with Crippen molar-refractivity contribution in [1.29, 1.82) is 0 Å². The van der Waals surface area contributed by atoms with Crippen molar-refractivity contribution in [3.8, 4) is 0 Å². The number of amides is 4. The summed E-state index contributed by atoms with van der Waals surface area (Å²) in [6, 6.07) is 4.10. The average molecular weight is 695 g/mol. The fourth-order valence-electron chi connectivity index (χ4n) is 3.23. The van der Waals surface area contributed by atoms with Gasteiger partial charge in [-0.3, -0.25) is 24.1 Å². The zero-order valence-electron chi connectivity index (χ0n) is 26.1. The molecule has 1 aromatic carbocycles. The van der Waals surface area contributed by atoms with Gasteiger partial charge in [0.05, 0.1) is 6.29 Å². The maximum atomic E-state index is 12.0. The van der Waals surface area contributed by atoms with Crippen LogP contribution in [-0.2, 0) is 23.9 Å². The Hall–Kier alpha value is -1.72. The molecule has 228 valence electrons. The quantitative estimate of drug-likeness (QED) is 0.165. The minimum atomic E-state index is -0.706. The van der Waals surface area contributed by atoms with Crippen LogP contribution < -0.4 is 11.1 Å². The van der Waals surface area contributed by atoms with Gasteiger partial charge in [-0.15, -0.1) is 17.7 Å². The van der Waals surface area contributed by atoms with Gasteiger partial charge in [0.25, 0.3) is 0 Å². The number of carbonyl (C=O) groups is 4. The van der Waals surface area contributed by atoms with E-state index >= 15 is 0 Å². The number of rotatable bonds is 12. The van der Waals surface area contributed by atoms with Crippen LogP contribution in [0, 0.1) is 46.8 Å². The molecule has 9 nitrogen and oxygen atoms in total. The van der Waals surface area contributed by atoms with Gasteiger partial charge in [0, 0.05) is 79.9 Å². The third kappa shape index (κ3) is 20.2. The van der Waals surface area contributed by atoms with Gasteiger partial charge in [-0.1, -0.05) is 74.3 Å². The molecule has 0 saturated carbocycles. The van der Waals surface area contributed by atoms with Gasteiger partial charge in [-0.05, 0) is 30.5 Å². The number of carbonyl (C=O) groups excluding carboxylic acids is 5. The predicted molar refractivity (Wildman–Crippen MR) is 158 cm³/mol. The number of unbranched alkanes of at least 4 members (excludes halogenated alkanes) is 3. The summed E-state index contributed by atoms with van der Waals surface area (Å²) in [5.41, 5.74) is 5.73. The molecule has 1 heterocycles. The Morgan fingerprint density at radius 1 is 1.02 bits per heavy atom. The first-order chi connectivity index (χ1) is 18.7. The first-order valence-electron chi connectivity index (χ1n) is 14.2. The number of anilines is 1. The maximum absolute atomic E-state index is 12.0. The monoisotopic (exact) mass is 692 g/mol.